The van der Waals surface area contributed by atoms with Crippen LogP contribution in [0.15, 0.2) is 52.9 Å². The minimum absolute atomic E-state index is 0.0405. The van der Waals surface area contributed by atoms with E-state index in [1.54, 1.807) is 42.4 Å². The van der Waals surface area contributed by atoms with Crippen LogP contribution in [0.5, 0.6) is 5.75 Å². The number of methoxy groups -OCH3 is 1. The molecule has 1 saturated heterocycles. The Hall–Kier alpha value is -3.76. The van der Waals surface area contributed by atoms with Gasteiger partial charge in [-0.3, -0.25) is 4.79 Å². The van der Waals surface area contributed by atoms with Crippen molar-refractivity contribution >= 4 is 35.5 Å². The number of benzene rings is 2. The molecular formula is C24H21ClN4O3. The largest absolute Gasteiger partial charge is 0.497 e. The van der Waals surface area contributed by atoms with E-state index in [2.05, 4.69) is 11.1 Å². The van der Waals surface area contributed by atoms with Gasteiger partial charge in [-0.25, -0.2) is 0 Å². The Kier molecular flexibility index (Phi) is 6.43. The zero-order valence-corrected chi connectivity index (χ0v) is 18.2. The van der Waals surface area contributed by atoms with Crippen molar-refractivity contribution in [2.45, 2.75) is 0 Å². The highest BCUT2D eigenvalue weighted by atomic mass is 35.5. The van der Waals surface area contributed by atoms with Crippen molar-refractivity contribution in [1.82, 2.24) is 9.88 Å². The van der Waals surface area contributed by atoms with Crippen LogP contribution in [-0.4, -0.2) is 49.1 Å². The van der Waals surface area contributed by atoms with Crippen molar-refractivity contribution in [3.63, 3.8) is 0 Å². The van der Waals surface area contributed by atoms with Gasteiger partial charge in [-0.05, 0) is 48.0 Å². The lowest BCUT2D eigenvalue weighted by Crippen LogP contribution is -2.48. The van der Waals surface area contributed by atoms with Gasteiger partial charge in [0.2, 0.25) is 17.5 Å². The third-order valence-electron chi connectivity index (χ3n) is 5.19. The van der Waals surface area contributed by atoms with Crippen molar-refractivity contribution in [2.24, 2.45) is 0 Å². The summed E-state index contributed by atoms with van der Waals surface area (Å²) >= 11 is 5.91. The minimum Gasteiger partial charge on any atom is -0.497 e. The zero-order valence-electron chi connectivity index (χ0n) is 17.5. The molecule has 0 saturated carbocycles. The molecule has 162 valence electrons. The number of amides is 1. The number of rotatable bonds is 5. The van der Waals surface area contributed by atoms with E-state index in [1.165, 1.54) is 0 Å². The van der Waals surface area contributed by atoms with Crippen LogP contribution in [0, 0.1) is 11.3 Å². The first-order valence-corrected chi connectivity index (χ1v) is 10.5. The molecule has 0 unspecified atom stereocenters. The highest BCUT2D eigenvalue weighted by Gasteiger charge is 2.26. The summed E-state index contributed by atoms with van der Waals surface area (Å²) in [4.78, 5) is 20.7. The second kappa shape index (κ2) is 9.58. The molecule has 7 nitrogen and oxygen atoms in total. The number of hydrogen-bond acceptors (Lipinski definition) is 6. The van der Waals surface area contributed by atoms with Crippen LogP contribution in [-0.2, 0) is 0 Å². The second-order valence-electron chi connectivity index (χ2n) is 7.21. The lowest BCUT2D eigenvalue weighted by atomic mass is 10.2. The lowest BCUT2D eigenvalue weighted by molar-refractivity contribution is 0.0745. The van der Waals surface area contributed by atoms with Crippen LogP contribution >= 0.6 is 11.6 Å². The molecule has 1 amide bonds. The Morgan fingerprint density at radius 2 is 1.91 bits per heavy atom. The van der Waals surface area contributed by atoms with E-state index in [-0.39, 0.29) is 11.6 Å². The quantitative estimate of drug-likeness (QED) is 0.577. The summed E-state index contributed by atoms with van der Waals surface area (Å²) < 4.78 is 11.1. The highest BCUT2D eigenvalue weighted by molar-refractivity contribution is 6.30. The van der Waals surface area contributed by atoms with Crippen LogP contribution in [0.1, 0.15) is 27.5 Å². The van der Waals surface area contributed by atoms with Gasteiger partial charge in [0.1, 0.15) is 11.8 Å². The van der Waals surface area contributed by atoms with E-state index >= 15 is 0 Å². The van der Waals surface area contributed by atoms with Crippen LogP contribution < -0.4 is 9.64 Å². The van der Waals surface area contributed by atoms with Crippen molar-refractivity contribution in [1.29, 1.82) is 5.26 Å². The number of nitriles is 1. The number of halogens is 1. The summed E-state index contributed by atoms with van der Waals surface area (Å²) in [6.07, 6.45) is 3.57. The first-order chi connectivity index (χ1) is 15.6. The van der Waals surface area contributed by atoms with Gasteiger partial charge in [0.15, 0.2) is 0 Å². The normalized spacial score (nSPS) is 13.9. The smallest absolute Gasteiger partial charge is 0.253 e. The summed E-state index contributed by atoms with van der Waals surface area (Å²) in [5, 5.41) is 10.1. The summed E-state index contributed by atoms with van der Waals surface area (Å²) in [6.45, 7) is 2.12. The number of aromatic nitrogens is 1. The average Bonchev–Trinajstić information content (AvgIpc) is 3.26. The van der Waals surface area contributed by atoms with Crippen molar-refractivity contribution in [2.75, 3.05) is 38.2 Å². The molecule has 2 heterocycles. The van der Waals surface area contributed by atoms with Crippen LogP contribution in [0.2, 0.25) is 5.02 Å². The monoisotopic (exact) mass is 448 g/mol. The number of hydrogen-bond donors (Lipinski definition) is 0. The number of nitrogens with zero attached hydrogens (tertiary/aromatic N) is 4. The standard InChI is InChI=1S/C24H21ClN4O3/c1-31-20-4-2-3-17(15-20)5-10-22-27-21(16-26)24(32-22)29-13-11-28(12-14-29)23(30)18-6-8-19(25)9-7-18/h2-10,15H,11-14H2,1H3. The molecule has 1 aromatic heterocycles. The number of carbonyl (C=O) groups excluding carboxylic acids is 1. The molecule has 0 bridgehead atoms. The van der Waals surface area contributed by atoms with Gasteiger partial charge in [-0.1, -0.05) is 23.7 Å². The Morgan fingerprint density at radius 1 is 1.16 bits per heavy atom. The van der Waals surface area contributed by atoms with Gasteiger partial charge in [-0.15, -0.1) is 0 Å². The highest BCUT2D eigenvalue weighted by Crippen LogP contribution is 2.25. The van der Waals surface area contributed by atoms with E-state index in [0.717, 1.165) is 11.3 Å². The number of carbonyl (C=O) groups is 1. The molecule has 0 aliphatic carbocycles. The van der Waals surface area contributed by atoms with Gasteiger partial charge in [-0.2, -0.15) is 10.2 Å². The molecule has 2 aromatic carbocycles. The van der Waals surface area contributed by atoms with Crippen molar-refractivity contribution in [3.05, 3.63) is 76.3 Å². The minimum atomic E-state index is -0.0405. The number of ether oxygens (including phenoxy) is 1. The van der Waals surface area contributed by atoms with Gasteiger partial charge in [0.25, 0.3) is 5.91 Å². The fourth-order valence-electron chi connectivity index (χ4n) is 3.49. The van der Waals surface area contributed by atoms with Crippen molar-refractivity contribution in [3.8, 4) is 11.8 Å². The summed E-state index contributed by atoms with van der Waals surface area (Å²) in [7, 11) is 1.62. The third-order valence-corrected chi connectivity index (χ3v) is 5.44. The summed E-state index contributed by atoms with van der Waals surface area (Å²) in [5.74, 6) is 1.49. The molecule has 0 spiro atoms. The molecule has 1 aliphatic heterocycles. The molecule has 0 atom stereocenters. The molecule has 1 fully saturated rings. The topological polar surface area (TPSA) is 82.6 Å². The van der Waals surface area contributed by atoms with Crippen molar-refractivity contribution < 1.29 is 13.9 Å². The van der Waals surface area contributed by atoms with Crippen LogP contribution in [0.25, 0.3) is 12.2 Å². The number of oxazole rings is 1. The van der Waals surface area contributed by atoms with Crippen LogP contribution in [0.3, 0.4) is 0 Å². The number of piperazine rings is 1. The SMILES string of the molecule is COc1cccc(C=Cc2nc(C#N)c(N3CCN(C(=O)c4ccc(Cl)cc4)CC3)o2)c1. The molecular weight excluding hydrogens is 428 g/mol. The second-order valence-corrected chi connectivity index (χ2v) is 7.65. The summed E-state index contributed by atoms with van der Waals surface area (Å²) in [6, 6.07) is 16.6. The summed E-state index contributed by atoms with van der Waals surface area (Å²) in [5.41, 5.74) is 1.76. The Morgan fingerprint density at radius 3 is 2.59 bits per heavy atom. The van der Waals surface area contributed by atoms with E-state index in [4.69, 9.17) is 20.8 Å². The first kappa shape index (κ1) is 21.5. The molecule has 32 heavy (non-hydrogen) atoms. The van der Waals surface area contributed by atoms with Gasteiger partial charge in [0.05, 0.1) is 7.11 Å². The maximum atomic E-state index is 12.7. The Labute approximate surface area is 191 Å². The molecule has 0 N–H and O–H groups in total. The fourth-order valence-corrected chi connectivity index (χ4v) is 3.61. The molecule has 4 rings (SSSR count). The third kappa shape index (κ3) is 4.76. The molecule has 0 radical (unpaired) electrons. The molecule has 3 aromatic rings. The average molecular weight is 449 g/mol. The maximum Gasteiger partial charge on any atom is 0.253 e. The van der Waals surface area contributed by atoms with E-state index in [0.29, 0.717) is 48.5 Å². The Bertz CT molecular complexity index is 1170. The fraction of sp³-hybridized carbons (Fsp3) is 0.208. The first-order valence-electron chi connectivity index (χ1n) is 10.1. The predicted octanol–water partition coefficient (Wildman–Crippen LogP) is 4.34. The predicted molar refractivity (Wildman–Crippen MR) is 123 cm³/mol. The van der Waals surface area contributed by atoms with E-state index in [9.17, 15) is 10.1 Å². The maximum absolute atomic E-state index is 12.7. The Balaban J connectivity index is 1.44. The van der Waals surface area contributed by atoms with Gasteiger partial charge >= 0.3 is 0 Å². The zero-order chi connectivity index (χ0) is 22.5. The lowest BCUT2D eigenvalue weighted by Gasteiger charge is -2.34. The van der Waals surface area contributed by atoms with Crippen LogP contribution in [0.4, 0.5) is 5.88 Å². The van der Waals surface area contributed by atoms with Gasteiger partial charge < -0.3 is 19.0 Å². The van der Waals surface area contributed by atoms with Gasteiger partial charge in [0, 0.05) is 42.8 Å². The van der Waals surface area contributed by atoms with E-state index in [1.807, 2.05) is 35.2 Å². The molecule has 1 aliphatic rings. The molecule has 8 heteroatoms. The number of anilines is 1. The van der Waals surface area contributed by atoms with E-state index < -0.39 is 0 Å².